The molecule has 0 unspecified atom stereocenters. The summed E-state index contributed by atoms with van der Waals surface area (Å²) in [6.07, 6.45) is 0.173. The summed E-state index contributed by atoms with van der Waals surface area (Å²) < 4.78 is 5.73. The van der Waals surface area contributed by atoms with Gasteiger partial charge in [0, 0.05) is 31.6 Å². The van der Waals surface area contributed by atoms with Crippen molar-refractivity contribution < 1.29 is 9.53 Å². The Balaban J connectivity index is 1.44. The number of para-hydroxylation sites is 2. The SMILES string of the molecule is CCOc1ccccc1N1CCN(C(=O)Cc2n[nH]c(=O)c3ccccc23)CC1. The van der Waals surface area contributed by atoms with Gasteiger partial charge in [-0.1, -0.05) is 30.3 Å². The molecule has 7 heteroatoms. The summed E-state index contributed by atoms with van der Waals surface area (Å²) in [6, 6.07) is 15.2. The average Bonchev–Trinajstić information content (AvgIpc) is 2.77. The standard InChI is InChI=1S/C22H24N4O3/c1-2-29-20-10-6-5-9-19(20)25-11-13-26(14-12-25)21(27)15-18-16-7-3-4-8-17(16)22(28)24-23-18/h3-10H,2,11-15H2,1H3,(H,24,28). The Morgan fingerprint density at radius 2 is 1.72 bits per heavy atom. The predicted molar refractivity (Wildman–Crippen MR) is 112 cm³/mol. The number of nitrogens with one attached hydrogen (secondary N) is 1. The number of anilines is 1. The van der Waals surface area contributed by atoms with Crippen molar-refractivity contribution in [2.24, 2.45) is 0 Å². The molecule has 0 spiro atoms. The quantitative estimate of drug-likeness (QED) is 0.720. The molecule has 1 aromatic heterocycles. The minimum atomic E-state index is -0.238. The van der Waals surface area contributed by atoms with Crippen molar-refractivity contribution in [2.45, 2.75) is 13.3 Å². The zero-order valence-corrected chi connectivity index (χ0v) is 16.4. The van der Waals surface area contributed by atoms with Crippen LogP contribution in [0.3, 0.4) is 0 Å². The molecular formula is C22H24N4O3. The van der Waals surface area contributed by atoms with Gasteiger partial charge in [-0.05, 0) is 25.1 Å². The van der Waals surface area contributed by atoms with E-state index in [2.05, 4.69) is 21.2 Å². The summed E-state index contributed by atoms with van der Waals surface area (Å²) >= 11 is 0. The van der Waals surface area contributed by atoms with E-state index in [9.17, 15) is 9.59 Å². The van der Waals surface area contributed by atoms with Crippen LogP contribution in [0.4, 0.5) is 5.69 Å². The van der Waals surface area contributed by atoms with Gasteiger partial charge in [0.05, 0.1) is 29.8 Å². The minimum Gasteiger partial charge on any atom is -0.492 e. The van der Waals surface area contributed by atoms with Crippen molar-refractivity contribution in [3.63, 3.8) is 0 Å². The molecule has 2 heterocycles. The smallest absolute Gasteiger partial charge is 0.272 e. The summed E-state index contributed by atoms with van der Waals surface area (Å²) in [7, 11) is 0. The van der Waals surface area contributed by atoms with E-state index in [1.54, 1.807) is 6.07 Å². The number of nitrogens with zero attached hydrogens (tertiary/aromatic N) is 3. The van der Waals surface area contributed by atoms with Crippen molar-refractivity contribution in [2.75, 3.05) is 37.7 Å². The third kappa shape index (κ3) is 3.94. The van der Waals surface area contributed by atoms with Crippen molar-refractivity contribution in [1.82, 2.24) is 15.1 Å². The molecule has 7 nitrogen and oxygen atoms in total. The van der Waals surface area contributed by atoms with E-state index in [-0.39, 0.29) is 17.9 Å². The molecule has 2 aromatic carbocycles. The molecule has 0 atom stereocenters. The highest BCUT2D eigenvalue weighted by Gasteiger charge is 2.24. The van der Waals surface area contributed by atoms with Crippen LogP contribution in [0.1, 0.15) is 12.6 Å². The van der Waals surface area contributed by atoms with Gasteiger partial charge in [0.1, 0.15) is 5.75 Å². The Bertz CT molecular complexity index is 1070. The van der Waals surface area contributed by atoms with Crippen LogP contribution >= 0.6 is 0 Å². The summed E-state index contributed by atoms with van der Waals surface area (Å²) in [6.45, 7) is 5.37. The summed E-state index contributed by atoms with van der Waals surface area (Å²) in [5.74, 6) is 0.895. The lowest BCUT2D eigenvalue weighted by molar-refractivity contribution is -0.130. The lowest BCUT2D eigenvalue weighted by Crippen LogP contribution is -2.49. The lowest BCUT2D eigenvalue weighted by Gasteiger charge is -2.36. The predicted octanol–water partition coefficient (Wildman–Crippen LogP) is 2.21. The van der Waals surface area contributed by atoms with Gasteiger partial charge in [-0.25, -0.2) is 5.10 Å². The van der Waals surface area contributed by atoms with Crippen LogP contribution in [0.2, 0.25) is 0 Å². The summed E-state index contributed by atoms with van der Waals surface area (Å²) in [5, 5.41) is 7.91. The molecule has 0 saturated carbocycles. The maximum atomic E-state index is 12.9. The van der Waals surface area contributed by atoms with Crippen molar-refractivity contribution >= 4 is 22.4 Å². The molecule has 1 amide bonds. The Morgan fingerprint density at radius 3 is 2.48 bits per heavy atom. The van der Waals surface area contributed by atoms with Gasteiger partial charge < -0.3 is 14.5 Å². The Kier molecular flexibility index (Phi) is 5.46. The molecule has 150 valence electrons. The molecule has 1 saturated heterocycles. The van der Waals surface area contributed by atoms with Crippen LogP contribution in [0.25, 0.3) is 10.8 Å². The maximum Gasteiger partial charge on any atom is 0.272 e. The number of hydrogen-bond donors (Lipinski definition) is 1. The van der Waals surface area contributed by atoms with E-state index in [0.29, 0.717) is 30.8 Å². The number of piperazine rings is 1. The number of aromatic amines is 1. The highest BCUT2D eigenvalue weighted by atomic mass is 16.5. The van der Waals surface area contributed by atoms with Gasteiger partial charge >= 0.3 is 0 Å². The van der Waals surface area contributed by atoms with E-state index in [1.165, 1.54) is 0 Å². The fraction of sp³-hybridized carbons (Fsp3) is 0.318. The van der Waals surface area contributed by atoms with Gasteiger partial charge in [0.2, 0.25) is 5.91 Å². The van der Waals surface area contributed by atoms with E-state index < -0.39 is 0 Å². The molecule has 3 aromatic rings. The third-order valence-electron chi connectivity index (χ3n) is 5.23. The maximum absolute atomic E-state index is 12.9. The Labute approximate surface area is 168 Å². The van der Waals surface area contributed by atoms with Gasteiger partial charge in [-0.15, -0.1) is 0 Å². The number of hydrogen-bond acceptors (Lipinski definition) is 5. The summed E-state index contributed by atoms with van der Waals surface area (Å²) in [4.78, 5) is 28.9. The minimum absolute atomic E-state index is 0.0208. The second-order valence-electron chi connectivity index (χ2n) is 6.99. The van der Waals surface area contributed by atoms with E-state index in [1.807, 2.05) is 48.2 Å². The van der Waals surface area contributed by atoms with Crippen LogP contribution < -0.4 is 15.2 Å². The number of carbonyl (C=O) groups is 1. The van der Waals surface area contributed by atoms with Gasteiger partial charge in [-0.2, -0.15) is 5.10 Å². The Morgan fingerprint density at radius 1 is 1.03 bits per heavy atom. The van der Waals surface area contributed by atoms with Crippen LogP contribution in [0, 0.1) is 0 Å². The average molecular weight is 392 g/mol. The number of amides is 1. The van der Waals surface area contributed by atoms with Crippen molar-refractivity contribution in [1.29, 1.82) is 0 Å². The molecule has 1 aliphatic rings. The van der Waals surface area contributed by atoms with Gasteiger partial charge in [0.15, 0.2) is 0 Å². The second-order valence-corrected chi connectivity index (χ2v) is 6.99. The molecule has 0 aliphatic carbocycles. The number of fused-ring (bicyclic) bond motifs is 1. The third-order valence-corrected chi connectivity index (χ3v) is 5.23. The highest BCUT2D eigenvalue weighted by Crippen LogP contribution is 2.29. The topological polar surface area (TPSA) is 78.5 Å². The highest BCUT2D eigenvalue weighted by molar-refractivity contribution is 5.88. The zero-order valence-electron chi connectivity index (χ0n) is 16.4. The number of H-pyrrole nitrogens is 1. The molecule has 1 aliphatic heterocycles. The Hall–Kier alpha value is -3.35. The van der Waals surface area contributed by atoms with Crippen LogP contribution in [0.5, 0.6) is 5.75 Å². The largest absolute Gasteiger partial charge is 0.492 e. The second kappa shape index (κ2) is 8.34. The normalized spacial score (nSPS) is 14.2. The first-order chi connectivity index (χ1) is 14.2. The van der Waals surface area contributed by atoms with Crippen LogP contribution in [-0.2, 0) is 11.2 Å². The summed E-state index contributed by atoms with van der Waals surface area (Å²) in [5.41, 5.74) is 1.43. The monoisotopic (exact) mass is 392 g/mol. The molecular weight excluding hydrogens is 368 g/mol. The zero-order chi connectivity index (χ0) is 20.2. The van der Waals surface area contributed by atoms with Crippen LogP contribution in [-0.4, -0.2) is 53.8 Å². The molecule has 0 radical (unpaired) electrons. The molecule has 0 bridgehead atoms. The fourth-order valence-corrected chi connectivity index (χ4v) is 3.75. The van der Waals surface area contributed by atoms with Crippen molar-refractivity contribution in [3.05, 3.63) is 64.6 Å². The lowest BCUT2D eigenvalue weighted by atomic mass is 10.1. The molecule has 1 fully saturated rings. The first-order valence-electron chi connectivity index (χ1n) is 9.88. The molecule has 29 heavy (non-hydrogen) atoms. The number of ether oxygens (including phenoxy) is 1. The fourth-order valence-electron chi connectivity index (χ4n) is 3.75. The van der Waals surface area contributed by atoms with E-state index >= 15 is 0 Å². The first kappa shape index (κ1) is 19.0. The van der Waals surface area contributed by atoms with Crippen molar-refractivity contribution in [3.8, 4) is 5.75 Å². The number of aromatic nitrogens is 2. The first-order valence-corrected chi connectivity index (χ1v) is 9.88. The number of carbonyl (C=O) groups excluding carboxylic acids is 1. The number of rotatable bonds is 5. The molecule has 1 N–H and O–H groups in total. The van der Waals surface area contributed by atoms with E-state index in [0.717, 1.165) is 29.9 Å². The number of benzene rings is 2. The van der Waals surface area contributed by atoms with E-state index in [4.69, 9.17) is 4.74 Å². The molecule has 4 rings (SSSR count). The van der Waals surface area contributed by atoms with Gasteiger partial charge in [0.25, 0.3) is 5.56 Å². The van der Waals surface area contributed by atoms with Gasteiger partial charge in [-0.3, -0.25) is 9.59 Å². The van der Waals surface area contributed by atoms with Crippen LogP contribution in [0.15, 0.2) is 53.3 Å².